The number of nitrogens with zero attached hydrogens (tertiary/aromatic N) is 4. The summed E-state index contributed by atoms with van der Waals surface area (Å²) in [5.41, 5.74) is 0.752. The molecule has 1 aliphatic heterocycles. The van der Waals surface area contributed by atoms with Gasteiger partial charge in [0.05, 0.1) is 5.02 Å². The van der Waals surface area contributed by atoms with E-state index in [1.165, 1.54) is 0 Å². The van der Waals surface area contributed by atoms with Gasteiger partial charge < -0.3 is 14.2 Å². The summed E-state index contributed by atoms with van der Waals surface area (Å²) in [6.45, 7) is 1.88. The molecule has 1 amide bonds. The van der Waals surface area contributed by atoms with Crippen LogP contribution in [0.1, 0.15) is 22.6 Å². The van der Waals surface area contributed by atoms with Crippen molar-refractivity contribution in [1.29, 1.82) is 0 Å². The van der Waals surface area contributed by atoms with E-state index in [0.717, 1.165) is 41.8 Å². The maximum Gasteiger partial charge on any atom is 0.253 e. The number of aromatic nitrogens is 3. The lowest BCUT2D eigenvalue weighted by molar-refractivity contribution is 0.0788. The third-order valence-electron chi connectivity index (χ3n) is 5.16. The topological polar surface area (TPSA) is 60.2 Å². The van der Waals surface area contributed by atoms with Crippen LogP contribution in [-0.4, -0.2) is 44.4 Å². The predicted octanol–water partition coefficient (Wildman–Crippen LogP) is 4.30. The van der Waals surface area contributed by atoms with Gasteiger partial charge in [-0.3, -0.25) is 4.79 Å². The number of hydrogen-bond acceptors (Lipinski definition) is 5. The molecule has 2 aromatic carbocycles. The summed E-state index contributed by atoms with van der Waals surface area (Å²) in [6.07, 6.45) is 1.01. The van der Waals surface area contributed by atoms with Gasteiger partial charge in [-0.25, -0.2) is 0 Å². The van der Waals surface area contributed by atoms with E-state index in [1.807, 2.05) is 65.0 Å². The van der Waals surface area contributed by atoms with Gasteiger partial charge in [0.1, 0.15) is 12.4 Å². The van der Waals surface area contributed by atoms with E-state index < -0.39 is 0 Å². The van der Waals surface area contributed by atoms with Gasteiger partial charge in [-0.1, -0.05) is 53.7 Å². The van der Waals surface area contributed by atoms with Crippen molar-refractivity contribution < 1.29 is 9.53 Å². The van der Waals surface area contributed by atoms with Crippen LogP contribution in [0.2, 0.25) is 5.02 Å². The molecule has 1 aromatic heterocycles. The highest BCUT2D eigenvalue weighted by Gasteiger charge is 2.27. The Bertz CT molecular complexity index is 1010. The van der Waals surface area contributed by atoms with Crippen molar-refractivity contribution in [3.05, 3.63) is 71.0 Å². The third-order valence-corrected chi connectivity index (χ3v) is 6.72. The third kappa shape index (κ3) is 4.79. The van der Waals surface area contributed by atoms with Gasteiger partial charge >= 0.3 is 0 Å². The first-order valence-corrected chi connectivity index (χ1v) is 11.2. The van der Waals surface area contributed by atoms with Crippen LogP contribution in [0.3, 0.4) is 0 Å². The minimum atomic E-state index is 0.112. The lowest BCUT2D eigenvalue weighted by Gasteiger charge is -2.16. The Morgan fingerprint density at radius 3 is 2.73 bits per heavy atom. The van der Waals surface area contributed by atoms with Crippen LogP contribution in [0.25, 0.3) is 0 Å². The highest BCUT2D eigenvalue weighted by Crippen LogP contribution is 2.27. The van der Waals surface area contributed by atoms with Crippen molar-refractivity contribution in [3.63, 3.8) is 0 Å². The summed E-state index contributed by atoms with van der Waals surface area (Å²) in [6, 6.07) is 16.8. The predicted molar refractivity (Wildman–Crippen MR) is 118 cm³/mol. The number of carbonyl (C=O) groups excluding carboxylic acids is 1. The number of likely N-dealkylation sites (tertiary alicyclic amines) is 1. The number of halogens is 1. The van der Waals surface area contributed by atoms with Crippen LogP contribution in [0, 0.1) is 5.92 Å². The van der Waals surface area contributed by atoms with Crippen molar-refractivity contribution in [2.24, 2.45) is 13.0 Å². The summed E-state index contributed by atoms with van der Waals surface area (Å²) in [5.74, 6) is 2.83. The van der Waals surface area contributed by atoms with Crippen molar-refractivity contribution >= 4 is 29.3 Å². The Morgan fingerprint density at radius 2 is 1.93 bits per heavy atom. The van der Waals surface area contributed by atoms with Crippen LogP contribution >= 0.6 is 23.4 Å². The summed E-state index contributed by atoms with van der Waals surface area (Å²) < 4.78 is 7.72. The average Bonchev–Trinajstić information content (AvgIpc) is 3.38. The molecule has 2 heterocycles. The van der Waals surface area contributed by atoms with E-state index in [2.05, 4.69) is 10.2 Å². The van der Waals surface area contributed by atoms with Crippen LogP contribution in [0.4, 0.5) is 0 Å². The Kier molecular flexibility index (Phi) is 6.59. The highest BCUT2D eigenvalue weighted by atomic mass is 35.5. The molecule has 3 aromatic rings. The molecular formula is C22H23ClN4O2S. The number of hydrogen-bond donors (Lipinski definition) is 0. The molecule has 0 spiro atoms. The van der Waals surface area contributed by atoms with Crippen LogP contribution in [-0.2, 0) is 13.7 Å². The molecule has 1 saturated heterocycles. The van der Waals surface area contributed by atoms with Crippen molar-refractivity contribution in [3.8, 4) is 5.75 Å². The van der Waals surface area contributed by atoms with E-state index in [0.29, 0.717) is 23.3 Å². The van der Waals surface area contributed by atoms with E-state index in [4.69, 9.17) is 16.3 Å². The fourth-order valence-corrected chi connectivity index (χ4v) is 4.65. The zero-order chi connectivity index (χ0) is 20.9. The first-order valence-electron chi connectivity index (χ1n) is 9.84. The summed E-state index contributed by atoms with van der Waals surface area (Å²) in [5, 5.41) is 9.97. The molecule has 0 saturated carbocycles. The first-order chi connectivity index (χ1) is 14.6. The molecule has 0 bridgehead atoms. The molecule has 0 radical (unpaired) electrons. The molecule has 1 unspecified atom stereocenters. The molecule has 4 rings (SSSR count). The molecule has 156 valence electrons. The number of benzene rings is 2. The largest absolute Gasteiger partial charge is 0.484 e. The first kappa shape index (κ1) is 20.8. The van der Waals surface area contributed by atoms with Gasteiger partial charge in [-0.05, 0) is 36.6 Å². The normalized spacial score (nSPS) is 16.1. The Balaban J connectivity index is 1.29. The molecular weight excluding hydrogens is 420 g/mol. The van der Waals surface area contributed by atoms with E-state index in [9.17, 15) is 4.79 Å². The van der Waals surface area contributed by atoms with E-state index in [1.54, 1.807) is 17.8 Å². The zero-order valence-electron chi connectivity index (χ0n) is 16.7. The van der Waals surface area contributed by atoms with Crippen LogP contribution in [0.15, 0.2) is 59.8 Å². The number of ether oxygens (including phenoxy) is 1. The number of amides is 1. The molecule has 1 aliphatic rings. The molecule has 1 fully saturated rings. The number of carbonyl (C=O) groups is 1. The van der Waals surface area contributed by atoms with E-state index >= 15 is 0 Å². The lowest BCUT2D eigenvalue weighted by atomic mass is 10.1. The molecule has 0 aliphatic carbocycles. The number of rotatable bonds is 7. The Hall–Kier alpha value is -2.51. The zero-order valence-corrected chi connectivity index (χ0v) is 18.3. The SMILES string of the molecule is Cn1c(COc2ccccc2Cl)nnc1SCC1CCN(C(=O)c2ccccc2)C1. The van der Waals surface area contributed by atoms with Gasteiger partial charge in [0.15, 0.2) is 11.0 Å². The van der Waals surface area contributed by atoms with Gasteiger partial charge in [-0.2, -0.15) is 0 Å². The minimum absolute atomic E-state index is 0.112. The van der Waals surface area contributed by atoms with Crippen molar-refractivity contribution in [2.45, 2.75) is 18.2 Å². The maximum absolute atomic E-state index is 12.6. The van der Waals surface area contributed by atoms with Crippen molar-refractivity contribution in [2.75, 3.05) is 18.8 Å². The minimum Gasteiger partial charge on any atom is -0.484 e. The molecule has 1 atom stereocenters. The summed E-state index contributed by atoms with van der Waals surface area (Å²) in [4.78, 5) is 14.6. The second-order valence-electron chi connectivity index (χ2n) is 7.26. The highest BCUT2D eigenvalue weighted by molar-refractivity contribution is 7.99. The monoisotopic (exact) mass is 442 g/mol. The second kappa shape index (κ2) is 9.53. The smallest absolute Gasteiger partial charge is 0.253 e. The molecule has 8 heteroatoms. The molecule has 30 heavy (non-hydrogen) atoms. The van der Waals surface area contributed by atoms with Crippen LogP contribution in [0.5, 0.6) is 5.75 Å². The number of thioether (sulfide) groups is 1. The Morgan fingerprint density at radius 1 is 1.17 bits per heavy atom. The molecule has 0 N–H and O–H groups in total. The molecule has 6 nitrogen and oxygen atoms in total. The summed E-state index contributed by atoms with van der Waals surface area (Å²) in [7, 11) is 1.94. The average molecular weight is 443 g/mol. The maximum atomic E-state index is 12.6. The van der Waals surface area contributed by atoms with Crippen molar-refractivity contribution in [1.82, 2.24) is 19.7 Å². The second-order valence-corrected chi connectivity index (χ2v) is 8.65. The standard InChI is InChI=1S/C22H23ClN4O2S/c1-26-20(14-29-19-10-6-5-9-18(19)23)24-25-22(26)30-15-16-11-12-27(13-16)21(28)17-7-3-2-4-8-17/h2-10,16H,11-15H2,1H3. The van der Waals surface area contributed by atoms with E-state index in [-0.39, 0.29) is 5.91 Å². The number of para-hydroxylation sites is 1. The fourth-order valence-electron chi connectivity index (χ4n) is 3.41. The Labute approximate surface area is 185 Å². The van der Waals surface area contributed by atoms with Crippen LogP contribution < -0.4 is 4.74 Å². The fraction of sp³-hybridized carbons (Fsp3) is 0.318. The quantitative estimate of drug-likeness (QED) is 0.510. The van der Waals surface area contributed by atoms with Gasteiger partial charge in [-0.15, -0.1) is 10.2 Å². The van der Waals surface area contributed by atoms with Gasteiger partial charge in [0, 0.05) is 31.5 Å². The lowest BCUT2D eigenvalue weighted by Crippen LogP contribution is -2.28. The van der Waals surface area contributed by atoms with Gasteiger partial charge in [0.25, 0.3) is 5.91 Å². The van der Waals surface area contributed by atoms with Gasteiger partial charge in [0.2, 0.25) is 0 Å². The summed E-state index contributed by atoms with van der Waals surface area (Å²) >= 11 is 7.80.